The second kappa shape index (κ2) is 7.35. The number of benzene rings is 1. The molecule has 6 heteroatoms. The Bertz CT molecular complexity index is 490. The molecule has 21 heavy (non-hydrogen) atoms. The highest BCUT2D eigenvalue weighted by atomic mass is 79.9. The zero-order valence-electron chi connectivity index (χ0n) is 12.1. The van der Waals surface area contributed by atoms with E-state index in [9.17, 15) is 9.90 Å². The van der Waals surface area contributed by atoms with Crippen LogP contribution in [-0.4, -0.2) is 54.9 Å². The van der Waals surface area contributed by atoms with E-state index in [4.69, 9.17) is 4.74 Å². The second-order valence-electron chi connectivity index (χ2n) is 5.57. The van der Waals surface area contributed by atoms with Gasteiger partial charge in [0.15, 0.2) is 0 Å². The molecule has 0 radical (unpaired) electrons. The molecule has 2 rings (SSSR count). The highest BCUT2D eigenvalue weighted by Crippen LogP contribution is 2.21. The molecule has 1 aliphatic heterocycles. The van der Waals surface area contributed by atoms with Crippen molar-refractivity contribution in [2.24, 2.45) is 0 Å². The molecule has 0 atom stereocenters. The number of nitrogens with zero attached hydrogens (tertiary/aromatic N) is 1. The predicted molar refractivity (Wildman–Crippen MR) is 85.3 cm³/mol. The highest BCUT2D eigenvalue weighted by molar-refractivity contribution is 9.10. The number of nitrogens with one attached hydrogen (secondary N) is 1. The van der Waals surface area contributed by atoms with Gasteiger partial charge in [-0.2, -0.15) is 0 Å². The van der Waals surface area contributed by atoms with Crippen molar-refractivity contribution in [2.75, 3.05) is 38.7 Å². The summed E-state index contributed by atoms with van der Waals surface area (Å²) in [6.07, 6.45) is 1.23. The lowest BCUT2D eigenvalue weighted by atomic mass is 9.94. The van der Waals surface area contributed by atoms with Gasteiger partial charge in [0.1, 0.15) is 0 Å². The molecule has 116 valence electrons. The first kappa shape index (κ1) is 16.4. The lowest BCUT2D eigenvalue weighted by Gasteiger charge is -2.35. The Hall–Kier alpha value is -0.950. The summed E-state index contributed by atoms with van der Waals surface area (Å²) in [5, 5.41) is 13.3. The Kier molecular flexibility index (Phi) is 5.75. The average Bonchev–Trinajstić information content (AvgIpc) is 2.38. The van der Waals surface area contributed by atoms with E-state index in [0.717, 1.165) is 10.2 Å². The first-order valence-corrected chi connectivity index (χ1v) is 7.80. The monoisotopic (exact) mass is 356 g/mol. The SMILES string of the molecule is CN(CC(=O)Nc1cccc(Br)c1)CC1(O)CCOCC1. The molecule has 0 saturated carbocycles. The van der Waals surface area contributed by atoms with Crippen molar-refractivity contribution in [1.29, 1.82) is 0 Å². The van der Waals surface area contributed by atoms with Crippen LogP contribution in [0.4, 0.5) is 5.69 Å². The number of likely N-dealkylation sites (N-methyl/N-ethyl adjacent to an activating group) is 1. The minimum atomic E-state index is -0.747. The van der Waals surface area contributed by atoms with Crippen LogP contribution in [-0.2, 0) is 9.53 Å². The lowest BCUT2D eigenvalue weighted by molar-refractivity contribution is -0.118. The fraction of sp³-hybridized carbons (Fsp3) is 0.533. The predicted octanol–water partition coefficient (Wildman–Crippen LogP) is 1.86. The van der Waals surface area contributed by atoms with Crippen LogP contribution in [0.25, 0.3) is 0 Å². The van der Waals surface area contributed by atoms with E-state index in [0.29, 0.717) is 32.6 Å². The van der Waals surface area contributed by atoms with Crippen molar-refractivity contribution in [1.82, 2.24) is 4.90 Å². The van der Waals surface area contributed by atoms with Gasteiger partial charge in [0, 0.05) is 42.8 Å². The molecule has 1 aromatic carbocycles. The van der Waals surface area contributed by atoms with Gasteiger partial charge in [0.2, 0.25) is 5.91 Å². The van der Waals surface area contributed by atoms with Crippen molar-refractivity contribution in [3.63, 3.8) is 0 Å². The molecule has 0 bridgehead atoms. The molecule has 2 N–H and O–H groups in total. The number of aliphatic hydroxyl groups is 1. The van der Waals surface area contributed by atoms with E-state index in [1.165, 1.54) is 0 Å². The van der Waals surface area contributed by atoms with Crippen LogP contribution in [0.15, 0.2) is 28.7 Å². The Labute approximate surface area is 133 Å². The van der Waals surface area contributed by atoms with Crippen LogP contribution in [0.5, 0.6) is 0 Å². The summed E-state index contributed by atoms with van der Waals surface area (Å²) < 4.78 is 6.18. The third-order valence-electron chi connectivity index (χ3n) is 3.51. The van der Waals surface area contributed by atoms with Crippen LogP contribution < -0.4 is 5.32 Å². The molecular formula is C15H21BrN2O3. The van der Waals surface area contributed by atoms with Crippen molar-refractivity contribution >= 4 is 27.5 Å². The maximum absolute atomic E-state index is 12.0. The van der Waals surface area contributed by atoms with Gasteiger partial charge in [-0.3, -0.25) is 9.69 Å². The molecule has 0 unspecified atom stereocenters. The molecule has 1 aliphatic rings. The largest absolute Gasteiger partial charge is 0.388 e. The second-order valence-corrected chi connectivity index (χ2v) is 6.48. The number of ether oxygens (including phenoxy) is 1. The van der Waals surface area contributed by atoms with Crippen molar-refractivity contribution < 1.29 is 14.6 Å². The molecule has 1 fully saturated rings. The Morgan fingerprint density at radius 1 is 1.48 bits per heavy atom. The summed E-state index contributed by atoms with van der Waals surface area (Å²) in [4.78, 5) is 13.9. The quantitative estimate of drug-likeness (QED) is 0.845. The number of carbonyl (C=O) groups is 1. The maximum Gasteiger partial charge on any atom is 0.238 e. The van der Waals surface area contributed by atoms with E-state index in [-0.39, 0.29) is 12.5 Å². The van der Waals surface area contributed by atoms with E-state index < -0.39 is 5.60 Å². The Morgan fingerprint density at radius 2 is 2.19 bits per heavy atom. The average molecular weight is 357 g/mol. The zero-order valence-corrected chi connectivity index (χ0v) is 13.7. The summed E-state index contributed by atoms with van der Waals surface area (Å²) in [6, 6.07) is 7.47. The van der Waals surface area contributed by atoms with Crippen molar-refractivity contribution in [2.45, 2.75) is 18.4 Å². The van der Waals surface area contributed by atoms with Gasteiger partial charge < -0.3 is 15.2 Å². The standard InChI is InChI=1S/C15H21BrN2O3/c1-18(11-15(20)5-7-21-8-6-15)10-14(19)17-13-4-2-3-12(16)9-13/h2-4,9,20H,5-8,10-11H2,1H3,(H,17,19). The first-order chi connectivity index (χ1) is 9.97. The highest BCUT2D eigenvalue weighted by Gasteiger charge is 2.31. The molecule has 1 amide bonds. The number of anilines is 1. The zero-order chi connectivity index (χ0) is 15.3. The normalized spacial score (nSPS) is 17.7. The molecule has 1 heterocycles. The van der Waals surface area contributed by atoms with E-state index in [2.05, 4.69) is 21.2 Å². The van der Waals surface area contributed by atoms with Gasteiger partial charge in [0.05, 0.1) is 12.1 Å². The molecule has 0 aromatic heterocycles. The van der Waals surface area contributed by atoms with Gasteiger partial charge in [-0.15, -0.1) is 0 Å². The molecular weight excluding hydrogens is 336 g/mol. The van der Waals surface area contributed by atoms with Gasteiger partial charge in [-0.05, 0) is 25.2 Å². The van der Waals surface area contributed by atoms with Crippen LogP contribution in [0.2, 0.25) is 0 Å². The Balaban J connectivity index is 1.81. The fourth-order valence-electron chi connectivity index (χ4n) is 2.48. The van der Waals surface area contributed by atoms with Crippen molar-refractivity contribution in [3.8, 4) is 0 Å². The summed E-state index contributed by atoms with van der Waals surface area (Å²) in [5.74, 6) is -0.0914. The molecule has 0 aliphatic carbocycles. The third-order valence-corrected chi connectivity index (χ3v) is 4.00. The van der Waals surface area contributed by atoms with E-state index in [1.807, 2.05) is 36.2 Å². The minimum Gasteiger partial charge on any atom is -0.388 e. The topological polar surface area (TPSA) is 61.8 Å². The van der Waals surface area contributed by atoms with Gasteiger partial charge in [-0.25, -0.2) is 0 Å². The fourth-order valence-corrected chi connectivity index (χ4v) is 2.88. The summed E-state index contributed by atoms with van der Waals surface area (Å²) in [5.41, 5.74) is 0.0100. The lowest BCUT2D eigenvalue weighted by Crippen LogP contribution is -2.47. The summed E-state index contributed by atoms with van der Waals surface area (Å²) in [7, 11) is 1.84. The number of carbonyl (C=O) groups excluding carboxylic acids is 1. The minimum absolute atomic E-state index is 0.0914. The number of hydrogen-bond acceptors (Lipinski definition) is 4. The molecule has 1 aromatic rings. The summed E-state index contributed by atoms with van der Waals surface area (Å²) >= 11 is 3.37. The number of rotatable bonds is 5. The van der Waals surface area contributed by atoms with Gasteiger partial charge in [-0.1, -0.05) is 22.0 Å². The van der Waals surface area contributed by atoms with Crippen molar-refractivity contribution in [3.05, 3.63) is 28.7 Å². The molecule has 0 spiro atoms. The van der Waals surface area contributed by atoms with Crippen LogP contribution in [0.3, 0.4) is 0 Å². The van der Waals surface area contributed by atoms with Gasteiger partial charge >= 0.3 is 0 Å². The van der Waals surface area contributed by atoms with E-state index in [1.54, 1.807) is 0 Å². The number of hydrogen-bond donors (Lipinski definition) is 2. The van der Waals surface area contributed by atoms with Crippen LogP contribution in [0, 0.1) is 0 Å². The van der Waals surface area contributed by atoms with E-state index >= 15 is 0 Å². The first-order valence-electron chi connectivity index (χ1n) is 7.01. The summed E-state index contributed by atoms with van der Waals surface area (Å²) in [6.45, 7) is 1.88. The van der Waals surface area contributed by atoms with Crippen LogP contribution >= 0.6 is 15.9 Å². The Morgan fingerprint density at radius 3 is 2.86 bits per heavy atom. The third kappa shape index (κ3) is 5.39. The molecule has 5 nitrogen and oxygen atoms in total. The van der Waals surface area contributed by atoms with Gasteiger partial charge in [0.25, 0.3) is 0 Å². The molecule has 1 saturated heterocycles. The smallest absolute Gasteiger partial charge is 0.238 e. The maximum atomic E-state index is 12.0. The van der Waals surface area contributed by atoms with Crippen LogP contribution in [0.1, 0.15) is 12.8 Å². The number of amides is 1. The number of halogens is 1.